The van der Waals surface area contributed by atoms with Crippen LogP contribution in [0.25, 0.3) is 16.8 Å². The van der Waals surface area contributed by atoms with Gasteiger partial charge < -0.3 is 5.32 Å². The van der Waals surface area contributed by atoms with Crippen molar-refractivity contribution in [2.45, 2.75) is 13.1 Å². The van der Waals surface area contributed by atoms with Gasteiger partial charge in [0.25, 0.3) is 11.5 Å². The maximum absolute atomic E-state index is 13.7. The minimum absolute atomic E-state index is 0.0222. The monoisotopic (exact) mass is 437 g/mol. The van der Waals surface area contributed by atoms with Gasteiger partial charge >= 0.3 is 6.18 Å². The van der Waals surface area contributed by atoms with Gasteiger partial charge in [0, 0.05) is 5.69 Å². The fourth-order valence-electron chi connectivity index (χ4n) is 3.34. The van der Waals surface area contributed by atoms with Crippen LogP contribution in [0.1, 0.15) is 27.3 Å². The summed E-state index contributed by atoms with van der Waals surface area (Å²) < 4.78 is 41.8. The first-order valence-corrected chi connectivity index (χ1v) is 9.30. The van der Waals surface area contributed by atoms with E-state index >= 15 is 0 Å². The van der Waals surface area contributed by atoms with Gasteiger partial charge in [0.05, 0.1) is 22.9 Å². The van der Waals surface area contributed by atoms with E-state index in [-0.39, 0.29) is 22.5 Å². The van der Waals surface area contributed by atoms with E-state index < -0.39 is 28.9 Å². The van der Waals surface area contributed by atoms with Crippen LogP contribution >= 0.6 is 0 Å². The summed E-state index contributed by atoms with van der Waals surface area (Å²) in [4.78, 5) is 29.9. The summed E-state index contributed by atoms with van der Waals surface area (Å²) in [7, 11) is 0. The quantitative estimate of drug-likeness (QED) is 0.503. The standard InChI is InChI=1S/C22H14F3N5O2/c1-12-16(20(31)28-15-9-7-13(11-26)8-10-15)21(32)30-19(27-12)17(14-5-3-2-4-6-14)18(29-30)22(23,24)25/h2-10,29H,1H3,(H,28,31). The Morgan fingerprint density at radius 1 is 1.12 bits per heavy atom. The highest BCUT2D eigenvalue weighted by Crippen LogP contribution is 2.38. The molecule has 0 aliphatic carbocycles. The zero-order chi connectivity index (χ0) is 23.0. The molecule has 10 heteroatoms. The molecule has 0 saturated carbocycles. The van der Waals surface area contributed by atoms with E-state index in [1.54, 1.807) is 18.2 Å². The van der Waals surface area contributed by atoms with Crippen molar-refractivity contribution in [3.63, 3.8) is 0 Å². The van der Waals surface area contributed by atoms with E-state index in [4.69, 9.17) is 5.26 Å². The highest BCUT2D eigenvalue weighted by atomic mass is 19.4. The molecule has 2 aromatic heterocycles. The molecule has 0 spiro atoms. The second-order valence-corrected chi connectivity index (χ2v) is 6.91. The van der Waals surface area contributed by atoms with Crippen molar-refractivity contribution in [1.29, 1.82) is 5.26 Å². The molecule has 0 aliphatic heterocycles. The zero-order valence-corrected chi connectivity index (χ0v) is 16.5. The number of H-pyrrole nitrogens is 1. The fourth-order valence-corrected chi connectivity index (χ4v) is 3.34. The molecule has 7 nitrogen and oxygen atoms in total. The van der Waals surface area contributed by atoms with Gasteiger partial charge in [-0.25, -0.2) is 4.98 Å². The van der Waals surface area contributed by atoms with Crippen molar-refractivity contribution in [2.24, 2.45) is 0 Å². The number of nitrogens with zero attached hydrogens (tertiary/aromatic N) is 3. The van der Waals surface area contributed by atoms with Gasteiger partial charge in [-0.15, -0.1) is 0 Å². The summed E-state index contributed by atoms with van der Waals surface area (Å²) in [5, 5.41) is 13.4. The van der Waals surface area contributed by atoms with E-state index in [1.807, 2.05) is 6.07 Å². The van der Waals surface area contributed by atoms with E-state index in [1.165, 1.54) is 43.3 Å². The first kappa shape index (κ1) is 20.9. The molecule has 4 rings (SSSR count). The maximum atomic E-state index is 13.7. The van der Waals surface area contributed by atoms with Gasteiger partial charge in [-0.3, -0.25) is 14.7 Å². The molecule has 0 bridgehead atoms. The van der Waals surface area contributed by atoms with Crippen LogP contribution in [0.3, 0.4) is 0 Å². The number of carbonyl (C=O) groups excluding carboxylic acids is 1. The maximum Gasteiger partial charge on any atom is 0.433 e. The molecule has 4 aromatic rings. The number of hydrogen-bond acceptors (Lipinski definition) is 4. The zero-order valence-electron chi connectivity index (χ0n) is 16.5. The van der Waals surface area contributed by atoms with Gasteiger partial charge in [-0.1, -0.05) is 30.3 Å². The summed E-state index contributed by atoms with van der Waals surface area (Å²) in [6.07, 6.45) is -4.79. The number of rotatable bonds is 3. The van der Waals surface area contributed by atoms with Crippen LogP contribution in [0.15, 0.2) is 59.4 Å². The van der Waals surface area contributed by atoms with E-state index in [2.05, 4.69) is 15.4 Å². The third-order valence-electron chi connectivity index (χ3n) is 4.81. The van der Waals surface area contributed by atoms with Crippen LogP contribution in [-0.4, -0.2) is 20.5 Å². The molecule has 0 aliphatic rings. The lowest BCUT2D eigenvalue weighted by atomic mass is 10.1. The number of benzene rings is 2. The third kappa shape index (κ3) is 3.60. The van der Waals surface area contributed by atoms with E-state index in [0.29, 0.717) is 15.8 Å². The molecule has 160 valence electrons. The second-order valence-electron chi connectivity index (χ2n) is 6.91. The second kappa shape index (κ2) is 7.70. The molecule has 2 aromatic carbocycles. The Bertz CT molecular complexity index is 1430. The van der Waals surface area contributed by atoms with Crippen LogP contribution in [0.2, 0.25) is 0 Å². The van der Waals surface area contributed by atoms with Gasteiger partial charge in [0.15, 0.2) is 5.65 Å². The number of aromatic amines is 1. The van der Waals surface area contributed by atoms with Crippen molar-refractivity contribution >= 4 is 17.2 Å². The summed E-state index contributed by atoms with van der Waals surface area (Å²) >= 11 is 0. The Labute approximate surface area is 178 Å². The van der Waals surface area contributed by atoms with Gasteiger partial charge in [-0.2, -0.15) is 22.9 Å². The number of hydrogen-bond donors (Lipinski definition) is 2. The number of aryl methyl sites for hydroxylation is 1. The van der Waals surface area contributed by atoms with Gasteiger partial charge in [0.1, 0.15) is 11.3 Å². The van der Waals surface area contributed by atoms with Crippen LogP contribution in [0, 0.1) is 18.3 Å². The number of alkyl halides is 3. The Morgan fingerprint density at radius 2 is 1.78 bits per heavy atom. The van der Waals surface area contributed by atoms with Crippen molar-refractivity contribution in [3.05, 3.63) is 87.5 Å². The predicted molar refractivity (Wildman–Crippen MR) is 110 cm³/mol. The lowest BCUT2D eigenvalue weighted by molar-refractivity contribution is -0.140. The number of anilines is 1. The molecule has 2 heterocycles. The van der Waals surface area contributed by atoms with E-state index in [9.17, 15) is 22.8 Å². The number of carbonyl (C=O) groups is 1. The first-order valence-electron chi connectivity index (χ1n) is 9.30. The number of nitrogens with one attached hydrogen (secondary N) is 2. The Kier molecular flexibility index (Phi) is 5.02. The Morgan fingerprint density at radius 3 is 2.38 bits per heavy atom. The van der Waals surface area contributed by atoms with Crippen LogP contribution in [0.4, 0.5) is 18.9 Å². The van der Waals surface area contributed by atoms with Crippen LogP contribution in [-0.2, 0) is 6.18 Å². The highest BCUT2D eigenvalue weighted by Gasteiger charge is 2.38. The summed E-state index contributed by atoms with van der Waals surface area (Å²) in [5.74, 6) is -0.830. The largest absolute Gasteiger partial charge is 0.433 e. The van der Waals surface area contributed by atoms with Gasteiger partial charge in [0.2, 0.25) is 0 Å². The minimum atomic E-state index is -4.79. The van der Waals surface area contributed by atoms with Gasteiger partial charge in [-0.05, 0) is 36.8 Å². The molecule has 0 unspecified atom stereocenters. The smallest absolute Gasteiger partial charge is 0.322 e. The highest BCUT2D eigenvalue weighted by molar-refractivity contribution is 6.05. The van der Waals surface area contributed by atoms with Crippen LogP contribution in [0.5, 0.6) is 0 Å². The number of halogens is 3. The Balaban J connectivity index is 1.87. The average molecular weight is 437 g/mol. The molecule has 0 fully saturated rings. The molecule has 0 atom stereocenters. The lowest BCUT2D eigenvalue weighted by Gasteiger charge is -2.08. The SMILES string of the molecule is Cc1nc2c(-c3ccccc3)c(C(F)(F)F)[nH]n2c(=O)c1C(=O)Nc1ccc(C#N)cc1. The molecule has 0 saturated heterocycles. The predicted octanol–water partition coefficient (Wildman–Crippen LogP) is 4.14. The van der Waals surface area contributed by atoms with Crippen molar-refractivity contribution in [1.82, 2.24) is 14.6 Å². The number of aromatic nitrogens is 3. The number of fused-ring (bicyclic) bond motifs is 1. The van der Waals surface area contributed by atoms with Crippen LogP contribution < -0.4 is 10.9 Å². The molecule has 32 heavy (non-hydrogen) atoms. The first-order chi connectivity index (χ1) is 15.2. The lowest BCUT2D eigenvalue weighted by Crippen LogP contribution is -2.29. The summed E-state index contributed by atoms with van der Waals surface area (Å²) in [6.45, 7) is 1.38. The average Bonchev–Trinajstić information content (AvgIpc) is 3.15. The fraction of sp³-hybridized carbons (Fsp3) is 0.0909. The van der Waals surface area contributed by atoms with Crippen molar-refractivity contribution < 1.29 is 18.0 Å². The molecular formula is C22H14F3N5O2. The minimum Gasteiger partial charge on any atom is -0.322 e. The number of nitriles is 1. The van der Waals surface area contributed by atoms with Crippen molar-refractivity contribution in [3.8, 4) is 17.2 Å². The van der Waals surface area contributed by atoms with E-state index in [0.717, 1.165) is 0 Å². The molecule has 2 N–H and O–H groups in total. The number of amides is 1. The molecule has 0 radical (unpaired) electrons. The van der Waals surface area contributed by atoms with Crippen molar-refractivity contribution in [2.75, 3.05) is 5.32 Å². The summed E-state index contributed by atoms with van der Waals surface area (Å²) in [6, 6.07) is 15.6. The topological polar surface area (TPSA) is 103 Å². The third-order valence-corrected chi connectivity index (χ3v) is 4.81. The molecular weight excluding hydrogens is 423 g/mol. The summed E-state index contributed by atoms with van der Waals surface area (Å²) in [5.41, 5.74) is -2.14. The normalized spacial score (nSPS) is 11.3. The molecule has 1 amide bonds. The Hall–Kier alpha value is -4.39.